The lowest BCUT2D eigenvalue weighted by molar-refractivity contribution is 0.0697. The van der Waals surface area contributed by atoms with E-state index in [1.54, 1.807) is 59.6 Å². The first kappa shape index (κ1) is 20.3. The van der Waals surface area contributed by atoms with E-state index in [0.29, 0.717) is 42.7 Å². The van der Waals surface area contributed by atoms with Crippen molar-refractivity contribution >= 4 is 23.4 Å². The molecule has 1 fully saturated rings. The molecule has 1 saturated heterocycles. The van der Waals surface area contributed by atoms with Gasteiger partial charge in [0.25, 0.3) is 17.7 Å². The number of nitrogens with zero attached hydrogens (tertiary/aromatic N) is 2. The number of carbonyl (C=O) groups excluding carboxylic acids is 3. The van der Waals surface area contributed by atoms with Crippen LogP contribution in [0.25, 0.3) is 0 Å². The summed E-state index contributed by atoms with van der Waals surface area (Å²) in [5.41, 5.74) is 1.54. The maximum atomic E-state index is 12.9. The summed E-state index contributed by atoms with van der Waals surface area (Å²) in [7, 11) is 0. The number of carbonyl (C=O) groups is 3. The van der Waals surface area contributed by atoms with E-state index in [1.807, 2.05) is 0 Å². The van der Waals surface area contributed by atoms with Gasteiger partial charge >= 0.3 is 0 Å². The Morgan fingerprint density at radius 2 is 1.77 bits per heavy atom. The first-order valence-corrected chi connectivity index (χ1v) is 10.1. The highest BCUT2D eigenvalue weighted by Gasteiger charge is 2.25. The lowest BCUT2D eigenvalue weighted by atomic mass is 10.0. The van der Waals surface area contributed by atoms with Crippen molar-refractivity contribution in [1.29, 1.82) is 0 Å². The SMILES string of the molecule is O=C(NC1CCN(C(=O)c2cccc(NC(=O)c3ccco3)c2)CC1)c1cccnc1. The molecule has 0 unspecified atom stereocenters. The van der Waals surface area contributed by atoms with E-state index in [2.05, 4.69) is 15.6 Å². The van der Waals surface area contributed by atoms with Crippen molar-refractivity contribution in [3.63, 3.8) is 0 Å². The molecule has 0 bridgehead atoms. The number of aromatic nitrogens is 1. The smallest absolute Gasteiger partial charge is 0.291 e. The molecule has 8 nitrogen and oxygen atoms in total. The number of anilines is 1. The number of nitrogens with one attached hydrogen (secondary N) is 2. The molecule has 0 saturated carbocycles. The van der Waals surface area contributed by atoms with E-state index in [0.717, 1.165) is 0 Å². The molecule has 1 aliphatic rings. The minimum absolute atomic E-state index is 0.00988. The van der Waals surface area contributed by atoms with Crippen molar-refractivity contribution in [2.75, 3.05) is 18.4 Å². The maximum Gasteiger partial charge on any atom is 0.291 e. The second kappa shape index (κ2) is 9.25. The number of benzene rings is 1. The number of rotatable bonds is 5. The molecule has 1 aliphatic heterocycles. The molecule has 3 heterocycles. The quantitative estimate of drug-likeness (QED) is 0.663. The Hall–Kier alpha value is -3.94. The van der Waals surface area contributed by atoms with Crippen molar-refractivity contribution in [2.45, 2.75) is 18.9 Å². The zero-order valence-electron chi connectivity index (χ0n) is 16.8. The standard InChI is InChI=1S/C23H22N4O4/c28-21(17-5-2-10-24-15-17)25-18-8-11-27(12-9-18)23(30)16-4-1-6-19(14-16)26-22(29)20-7-3-13-31-20/h1-7,10,13-15,18H,8-9,11-12H2,(H,25,28)(H,26,29). The first-order valence-electron chi connectivity index (χ1n) is 10.1. The van der Waals surface area contributed by atoms with Crippen LogP contribution in [0.4, 0.5) is 5.69 Å². The highest BCUT2D eigenvalue weighted by molar-refractivity contribution is 6.03. The predicted octanol–water partition coefficient (Wildman–Crippen LogP) is 2.96. The van der Waals surface area contributed by atoms with Gasteiger partial charge in [-0.3, -0.25) is 19.4 Å². The van der Waals surface area contributed by atoms with Crippen molar-refractivity contribution in [1.82, 2.24) is 15.2 Å². The van der Waals surface area contributed by atoms with Crippen molar-refractivity contribution in [3.8, 4) is 0 Å². The Morgan fingerprint density at radius 1 is 0.968 bits per heavy atom. The Bertz CT molecular complexity index is 1060. The van der Waals surface area contributed by atoms with Crippen LogP contribution in [0.2, 0.25) is 0 Å². The van der Waals surface area contributed by atoms with Crippen molar-refractivity contribution < 1.29 is 18.8 Å². The normalized spacial score (nSPS) is 14.1. The predicted molar refractivity (Wildman–Crippen MR) is 114 cm³/mol. The summed E-state index contributed by atoms with van der Waals surface area (Å²) in [6.07, 6.45) is 5.93. The molecule has 0 spiro atoms. The summed E-state index contributed by atoms with van der Waals surface area (Å²) in [4.78, 5) is 43.1. The molecular formula is C23H22N4O4. The van der Waals surface area contributed by atoms with E-state index >= 15 is 0 Å². The van der Waals surface area contributed by atoms with Crippen LogP contribution in [0.1, 0.15) is 44.1 Å². The zero-order valence-corrected chi connectivity index (χ0v) is 16.8. The van der Waals surface area contributed by atoms with Crippen LogP contribution < -0.4 is 10.6 Å². The summed E-state index contributed by atoms with van der Waals surface area (Å²) in [5.74, 6) is -0.434. The molecule has 31 heavy (non-hydrogen) atoms. The fraction of sp³-hybridized carbons (Fsp3) is 0.217. The lowest BCUT2D eigenvalue weighted by Crippen LogP contribution is -2.46. The van der Waals surface area contributed by atoms with Crippen LogP contribution >= 0.6 is 0 Å². The number of amides is 3. The second-order valence-corrected chi connectivity index (χ2v) is 7.29. The van der Waals surface area contributed by atoms with Gasteiger partial charge in [0.1, 0.15) is 0 Å². The maximum absolute atomic E-state index is 12.9. The van der Waals surface area contributed by atoms with Gasteiger partial charge in [0.15, 0.2) is 5.76 Å². The first-order chi connectivity index (χ1) is 15.1. The highest BCUT2D eigenvalue weighted by Crippen LogP contribution is 2.18. The zero-order chi connectivity index (χ0) is 21.6. The number of hydrogen-bond acceptors (Lipinski definition) is 5. The second-order valence-electron chi connectivity index (χ2n) is 7.29. The lowest BCUT2D eigenvalue weighted by Gasteiger charge is -2.32. The number of furan rings is 1. The summed E-state index contributed by atoms with van der Waals surface area (Å²) >= 11 is 0. The third kappa shape index (κ3) is 4.98. The molecule has 0 aliphatic carbocycles. The molecule has 0 radical (unpaired) electrons. The van der Waals surface area contributed by atoms with Crippen LogP contribution in [0.15, 0.2) is 71.6 Å². The van der Waals surface area contributed by atoms with Gasteiger partial charge in [0, 0.05) is 42.8 Å². The number of pyridine rings is 1. The van der Waals surface area contributed by atoms with Gasteiger partial charge in [-0.25, -0.2) is 0 Å². The molecular weight excluding hydrogens is 396 g/mol. The fourth-order valence-corrected chi connectivity index (χ4v) is 3.51. The van der Waals surface area contributed by atoms with Gasteiger partial charge in [0.2, 0.25) is 0 Å². The van der Waals surface area contributed by atoms with Crippen molar-refractivity contribution in [2.24, 2.45) is 0 Å². The summed E-state index contributed by atoms with van der Waals surface area (Å²) in [6, 6.07) is 13.5. The van der Waals surface area contributed by atoms with E-state index in [1.165, 1.54) is 12.5 Å². The van der Waals surface area contributed by atoms with Gasteiger partial charge in [-0.15, -0.1) is 0 Å². The molecule has 2 N–H and O–H groups in total. The Morgan fingerprint density at radius 3 is 2.48 bits per heavy atom. The van der Waals surface area contributed by atoms with Gasteiger partial charge in [-0.2, -0.15) is 0 Å². The summed E-state index contributed by atoms with van der Waals surface area (Å²) in [5, 5.41) is 5.74. The Labute approximate surface area is 179 Å². The van der Waals surface area contributed by atoms with Crippen LogP contribution in [0, 0.1) is 0 Å². The average Bonchev–Trinajstić information content (AvgIpc) is 3.35. The minimum atomic E-state index is -0.375. The van der Waals surface area contributed by atoms with Gasteiger partial charge in [-0.05, 0) is 55.3 Å². The minimum Gasteiger partial charge on any atom is -0.459 e. The number of hydrogen-bond donors (Lipinski definition) is 2. The van der Waals surface area contributed by atoms with E-state index < -0.39 is 0 Å². The molecule has 8 heteroatoms. The van der Waals surface area contributed by atoms with E-state index in [-0.39, 0.29) is 29.5 Å². The Kier molecular flexibility index (Phi) is 6.07. The number of likely N-dealkylation sites (tertiary alicyclic amines) is 1. The Balaban J connectivity index is 1.32. The number of piperidine rings is 1. The van der Waals surface area contributed by atoms with E-state index in [9.17, 15) is 14.4 Å². The van der Waals surface area contributed by atoms with Gasteiger partial charge < -0.3 is 20.0 Å². The largest absolute Gasteiger partial charge is 0.459 e. The third-order valence-corrected chi connectivity index (χ3v) is 5.15. The highest BCUT2D eigenvalue weighted by atomic mass is 16.3. The molecule has 3 amide bonds. The van der Waals surface area contributed by atoms with Crippen LogP contribution in [-0.4, -0.2) is 46.7 Å². The average molecular weight is 418 g/mol. The van der Waals surface area contributed by atoms with Crippen LogP contribution in [0.5, 0.6) is 0 Å². The van der Waals surface area contributed by atoms with E-state index in [4.69, 9.17) is 4.42 Å². The van der Waals surface area contributed by atoms with Gasteiger partial charge in [0.05, 0.1) is 11.8 Å². The van der Waals surface area contributed by atoms with Crippen LogP contribution in [0.3, 0.4) is 0 Å². The summed E-state index contributed by atoms with van der Waals surface area (Å²) in [6.45, 7) is 1.08. The van der Waals surface area contributed by atoms with Crippen LogP contribution in [-0.2, 0) is 0 Å². The van der Waals surface area contributed by atoms with Crippen molar-refractivity contribution in [3.05, 3.63) is 84.1 Å². The topological polar surface area (TPSA) is 105 Å². The molecule has 4 rings (SSSR count). The summed E-state index contributed by atoms with van der Waals surface area (Å²) < 4.78 is 5.09. The molecule has 1 aromatic carbocycles. The van der Waals surface area contributed by atoms with Gasteiger partial charge in [-0.1, -0.05) is 6.07 Å². The monoisotopic (exact) mass is 418 g/mol. The third-order valence-electron chi connectivity index (χ3n) is 5.15. The molecule has 0 atom stereocenters. The fourth-order valence-electron chi connectivity index (χ4n) is 3.51. The molecule has 3 aromatic rings. The molecule has 158 valence electrons. The molecule has 2 aromatic heterocycles.